The quantitative estimate of drug-likeness (QED) is 0.883. The van der Waals surface area contributed by atoms with Gasteiger partial charge in [0, 0.05) is 7.05 Å². The Hall–Kier alpha value is -3.00. The van der Waals surface area contributed by atoms with E-state index in [0.29, 0.717) is 22.7 Å². The van der Waals surface area contributed by atoms with Crippen LogP contribution in [-0.2, 0) is 4.79 Å². The summed E-state index contributed by atoms with van der Waals surface area (Å²) < 4.78 is 5.36. The Labute approximate surface area is 123 Å². The average Bonchev–Trinajstić information content (AvgIpc) is 2.53. The van der Waals surface area contributed by atoms with E-state index in [1.165, 1.54) is 0 Å². The lowest BCUT2D eigenvalue weighted by molar-refractivity contribution is -0.118. The van der Waals surface area contributed by atoms with Crippen LogP contribution in [0.25, 0.3) is 0 Å². The molecule has 2 N–H and O–H groups in total. The molecule has 0 bridgehead atoms. The number of carbonyl (C=O) groups is 1. The van der Waals surface area contributed by atoms with Crippen LogP contribution in [0.15, 0.2) is 48.5 Å². The number of ether oxygens (including phenoxy) is 1. The van der Waals surface area contributed by atoms with Gasteiger partial charge < -0.3 is 15.4 Å². The lowest BCUT2D eigenvalue weighted by atomic mass is 10.1. The zero-order valence-corrected chi connectivity index (χ0v) is 11.6. The molecule has 0 saturated heterocycles. The van der Waals surface area contributed by atoms with Crippen molar-refractivity contribution < 1.29 is 9.53 Å². The normalized spacial score (nSPS) is 9.52. The number of para-hydroxylation sites is 1. The molecule has 5 heteroatoms. The highest BCUT2D eigenvalue weighted by Gasteiger charge is 2.10. The van der Waals surface area contributed by atoms with Gasteiger partial charge in [-0.1, -0.05) is 24.3 Å². The van der Waals surface area contributed by atoms with E-state index in [-0.39, 0.29) is 12.5 Å². The van der Waals surface area contributed by atoms with Crippen molar-refractivity contribution in [2.45, 2.75) is 0 Å². The minimum absolute atomic E-state index is 0.112. The summed E-state index contributed by atoms with van der Waals surface area (Å²) in [6.07, 6.45) is 0. The largest absolute Gasteiger partial charge is 0.484 e. The fraction of sp³-hybridized carbons (Fsp3) is 0.125. The molecule has 21 heavy (non-hydrogen) atoms. The molecule has 2 aromatic rings. The second-order valence-corrected chi connectivity index (χ2v) is 4.24. The zero-order chi connectivity index (χ0) is 15.1. The minimum Gasteiger partial charge on any atom is -0.484 e. The number of nitrogens with zero attached hydrogens (tertiary/aromatic N) is 1. The maximum absolute atomic E-state index is 11.9. The van der Waals surface area contributed by atoms with Crippen molar-refractivity contribution in [1.82, 2.24) is 0 Å². The summed E-state index contributed by atoms with van der Waals surface area (Å²) in [5.41, 5.74) is 1.53. The maximum Gasteiger partial charge on any atom is 0.262 e. The number of rotatable bonds is 5. The van der Waals surface area contributed by atoms with Gasteiger partial charge in [0.15, 0.2) is 6.61 Å². The summed E-state index contributed by atoms with van der Waals surface area (Å²) in [6, 6.07) is 16.4. The number of nitrogens with one attached hydrogen (secondary N) is 2. The van der Waals surface area contributed by atoms with Crippen molar-refractivity contribution in [2.24, 2.45) is 0 Å². The SMILES string of the molecule is CNc1cccc(NC(=O)COc2ccccc2)c1C#N. The van der Waals surface area contributed by atoms with Gasteiger partial charge in [-0.25, -0.2) is 0 Å². The molecule has 1 amide bonds. The molecule has 0 saturated carbocycles. The molecule has 0 aliphatic heterocycles. The van der Waals surface area contributed by atoms with Crippen LogP contribution in [0, 0.1) is 11.3 Å². The van der Waals surface area contributed by atoms with Gasteiger partial charge in [0.05, 0.1) is 16.9 Å². The number of hydrogen-bond acceptors (Lipinski definition) is 4. The summed E-state index contributed by atoms with van der Waals surface area (Å²) in [6.45, 7) is -0.112. The summed E-state index contributed by atoms with van der Waals surface area (Å²) in [5.74, 6) is 0.306. The molecule has 0 spiro atoms. The second-order valence-electron chi connectivity index (χ2n) is 4.24. The fourth-order valence-electron chi connectivity index (χ4n) is 1.84. The molecule has 5 nitrogen and oxygen atoms in total. The first-order valence-electron chi connectivity index (χ1n) is 6.43. The van der Waals surface area contributed by atoms with Gasteiger partial charge in [-0.15, -0.1) is 0 Å². The molecule has 0 atom stereocenters. The maximum atomic E-state index is 11.9. The third-order valence-electron chi connectivity index (χ3n) is 2.83. The summed E-state index contributed by atoms with van der Waals surface area (Å²) in [4.78, 5) is 11.9. The molecular formula is C16H15N3O2. The van der Waals surface area contributed by atoms with Gasteiger partial charge in [0.1, 0.15) is 11.8 Å². The van der Waals surface area contributed by atoms with E-state index in [9.17, 15) is 10.1 Å². The summed E-state index contributed by atoms with van der Waals surface area (Å²) in [5, 5.41) is 14.8. The third kappa shape index (κ3) is 3.74. The van der Waals surface area contributed by atoms with E-state index in [2.05, 4.69) is 16.7 Å². The Morgan fingerprint density at radius 3 is 2.52 bits per heavy atom. The number of amides is 1. The first-order chi connectivity index (χ1) is 10.2. The van der Waals surface area contributed by atoms with Gasteiger partial charge in [0.25, 0.3) is 5.91 Å². The molecule has 0 aliphatic carbocycles. The predicted molar refractivity (Wildman–Crippen MR) is 81.3 cm³/mol. The highest BCUT2D eigenvalue weighted by atomic mass is 16.5. The highest BCUT2D eigenvalue weighted by molar-refractivity contribution is 5.94. The van der Waals surface area contributed by atoms with Crippen LogP contribution in [-0.4, -0.2) is 19.6 Å². The minimum atomic E-state index is -0.316. The Kier molecular flexibility index (Phi) is 4.78. The van der Waals surface area contributed by atoms with E-state index in [1.807, 2.05) is 18.2 Å². The molecule has 0 heterocycles. The smallest absolute Gasteiger partial charge is 0.262 e. The monoisotopic (exact) mass is 281 g/mol. The number of nitriles is 1. The number of anilines is 2. The van der Waals surface area contributed by atoms with E-state index >= 15 is 0 Å². The first-order valence-corrected chi connectivity index (χ1v) is 6.43. The van der Waals surface area contributed by atoms with Crippen LogP contribution in [0.5, 0.6) is 5.75 Å². The Balaban J connectivity index is 2.02. The fourth-order valence-corrected chi connectivity index (χ4v) is 1.84. The first kappa shape index (κ1) is 14.4. The molecule has 2 aromatic carbocycles. The Morgan fingerprint density at radius 2 is 1.86 bits per heavy atom. The van der Waals surface area contributed by atoms with E-state index in [4.69, 9.17) is 4.74 Å². The van der Waals surface area contributed by atoms with Crippen molar-refractivity contribution in [3.8, 4) is 11.8 Å². The summed E-state index contributed by atoms with van der Waals surface area (Å²) in [7, 11) is 1.72. The molecular weight excluding hydrogens is 266 g/mol. The van der Waals surface area contributed by atoms with Crippen LogP contribution in [0.4, 0.5) is 11.4 Å². The van der Waals surface area contributed by atoms with E-state index in [0.717, 1.165) is 0 Å². The van der Waals surface area contributed by atoms with E-state index < -0.39 is 0 Å². The molecule has 2 rings (SSSR count). The molecule has 0 aliphatic rings. The molecule has 0 radical (unpaired) electrons. The standard InChI is InChI=1S/C16H15N3O2/c1-18-14-8-5-9-15(13(14)10-17)19-16(20)11-21-12-6-3-2-4-7-12/h2-9,18H,11H2,1H3,(H,19,20). The van der Waals surface area contributed by atoms with Crippen molar-refractivity contribution in [3.05, 3.63) is 54.1 Å². The zero-order valence-electron chi connectivity index (χ0n) is 11.6. The van der Waals surface area contributed by atoms with Crippen LogP contribution in [0.3, 0.4) is 0 Å². The number of hydrogen-bond donors (Lipinski definition) is 2. The van der Waals surface area contributed by atoms with Crippen LogP contribution < -0.4 is 15.4 Å². The van der Waals surface area contributed by atoms with E-state index in [1.54, 1.807) is 37.4 Å². The average molecular weight is 281 g/mol. The third-order valence-corrected chi connectivity index (χ3v) is 2.83. The predicted octanol–water partition coefficient (Wildman–Crippen LogP) is 2.62. The van der Waals surface area contributed by atoms with Crippen molar-refractivity contribution >= 4 is 17.3 Å². The highest BCUT2D eigenvalue weighted by Crippen LogP contribution is 2.23. The van der Waals surface area contributed by atoms with Crippen molar-refractivity contribution in [3.63, 3.8) is 0 Å². The van der Waals surface area contributed by atoms with Crippen LogP contribution >= 0.6 is 0 Å². The van der Waals surface area contributed by atoms with Crippen LogP contribution in [0.1, 0.15) is 5.56 Å². The van der Waals surface area contributed by atoms with Gasteiger partial charge >= 0.3 is 0 Å². The van der Waals surface area contributed by atoms with Gasteiger partial charge in [-0.3, -0.25) is 4.79 Å². The van der Waals surface area contributed by atoms with Gasteiger partial charge in [-0.2, -0.15) is 5.26 Å². The molecule has 0 aromatic heterocycles. The Morgan fingerprint density at radius 1 is 1.14 bits per heavy atom. The van der Waals surface area contributed by atoms with Crippen LogP contribution in [0.2, 0.25) is 0 Å². The van der Waals surface area contributed by atoms with Crippen molar-refractivity contribution in [1.29, 1.82) is 5.26 Å². The topological polar surface area (TPSA) is 74.2 Å². The Bertz CT molecular complexity index is 663. The second kappa shape index (κ2) is 6.96. The molecule has 0 fully saturated rings. The molecule has 106 valence electrons. The number of carbonyl (C=O) groups excluding carboxylic acids is 1. The summed E-state index contributed by atoms with van der Waals surface area (Å²) >= 11 is 0. The van der Waals surface area contributed by atoms with Gasteiger partial charge in [0.2, 0.25) is 0 Å². The van der Waals surface area contributed by atoms with Gasteiger partial charge in [-0.05, 0) is 24.3 Å². The lowest BCUT2D eigenvalue weighted by Crippen LogP contribution is -2.20. The van der Waals surface area contributed by atoms with Crippen molar-refractivity contribution in [2.75, 3.05) is 24.3 Å². The lowest BCUT2D eigenvalue weighted by Gasteiger charge is -2.11. The molecule has 0 unspecified atom stereocenters. The number of benzene rings is 2.